The Morgan fingerprint density at radius 3 is 1.17 bits per heavy atom. The summed E-state index contributed by atoms with van der Waals surface area (Å²) in [5.41, 5.74) is -1.71. The van der Waals surface area contributed by atoms with Crippen LogP contribution in [-0.2, 0) is 0 Å². The average Bonchev–Trinajstić information content (AvgIpc) is 2.53. The van der Waals surface area contributed by atoms with E-state index in [9.17, 15) is 26.3 Å². The molecule has 24 heavy (non-hydrogen) atoms. The quantitative estimate of drug-likeness (QED) is 0.279. The SMILES string of the molecule is Fc1cc2c3cc(F)c(F)nc3c3nc(F)c(F)nc3c2nc1F. The monoisotopic (exact) mass is 340 g/mol. The third kappa shape index (κ3) is 1.88. The van der Waals surface area contributed by atoms with Gasteiger partial charge in [-0.3, -0.25) is 0 Å². The third-order valence-corrected chi connectivity index (χ3v) is 3.42. The summed E-state index contributed by atoms with van der Waals surface area (Å²) in [6, 6.07) is 1.31. The smallest absolute Gasteiger partial charge is 0.215 e. The second-order valence-corrected chi connectivity index (χ2v) is 4.82. The van der Waals surface area contributed by atoms with Crippen molar-refractivity contribution >= 4 is 32.8 Å². The molecule has 0 spiro atoms. The van der Waals surface area contributed by atoms with Crippen molar-refractivity contribution in [2.24, 2.45) is 0 Å². The summed E-state index contributed by atoms with van der Waals surface area (Å²) in [5, 5.41) is -0.411. The largest absolute Gasteiger partial charge is 0.269 e. The summed E-state index contributed by atoms with van der Waals surface area (Å²) < 4.78 is 80.7. The fourth-order valence-corrected chi connectivity index (χ4v) is 2.43. The van der Waals surface area contributed by atoms with Crippen LogP contribution in [0.1, 0.15) is 0 Å². The van der Waals surface area contributed by atoms with Gasteiger partial charge in [0, 0.05) is 10.8 Å². The highest BCUT2D eigenvalue weighted by molar-refractivity contribution is 6.20. The Bertz CT molecular complexity index is 910. The zero-order valence-electron chi connectivity index (χ0n) is 11.2. The molecule has 4 nitrogen and oxygen atoms in total. The van der Waals surface area contributed by atoms with Crippen molar-refractivity contribution in [1.82, 2.24) is 19.9 Å². The molecule has 3 heterocycles. The molecule has 120 valence electrons. The van der Waals surface area contributed by atoms with Crippen molar-refractivity contribution in [3.8, 4) is 0 Å². The van der Waals surface area contributed by atoms with Gasteiger partial charge in [-0.2, -0.15) is 17.6 Å². The molecular formula is C14H2F6N4. The molecule has 0 aliphatic carbocycles. The number of aromatic nitrogens is 4. The van der Waals surface area contributed by atoms with E-state index in [1.54, 1.807) is 0 Å². The van der Waals surface area contributed by atoms with E-state index in [0.717, 1.165) is 0 Å². The number of benzene rings is 1. The predicted molar refractivity (Wildman–Crippen MR) is 69.9 cm³/mol. The molecule has 0 bridgehead atoms. The van der Waals surface area contributed by atoms with E-state index in [4.69, 9.17) is 0 Å². The molecule has 1 aromatic carbocycles. The van der Waals surface area contributed by atoms with Crippen molar-refractivity contribution in [2.45, 2.75) is 0 Å². The zero-order chi connectivity index (χ0) is 17.2. The van der Waals surface area contributed by atoms with Crippen LogP contribution < -0.4 is 0 Å². The van der Waals surface area contributed by atoms with Gasteiger partial charge in [0.15, 0.2) is 11.6 Å². The first kappa shape index (κ1) is 14.5. The summed E-state index contributed by atoms with van der Waals surface area (Å²) in [6.45, 7) is 0. The molecule has 0 N–H and O–H groups in total. The molecule has 4 rings (SSSR count). The lowest BCUT2D eigenvalue weighted by Gasteiger charge is -2.08. The van der Waals surface area contributed by atoms with Gasteiger partial charge in [0.1, 0.15) is 22.1 Å². The first-order valence-corrected chi connectivity index (χ1v) is 6.33. The van der Waals surface area contributed by atoms with Crippen LogP contribution >= 0.6 is 0 Å². The van der Waals surface area contributed by atoms with Crippen LogP contribution in [0.2, 0.25) is 0 Å². The minimum atomic E-state index is -1.61. The highest BCUT2D eigenvalue weighted by atomic mass is 19.2. The van der Waals surface area contributed by atoms with Gasteiger partial charge in [0.2, 0.25) is 11.9 Å². The Morgan fingerprint density at radius 1 is 0.458 bits per heavy atom. The summed E-state index contributed by atoms with van der Waals surface area (Å²) in [5.74, 6) is -9.02. The molecule has 0 aliphatic heterocycles. The molecule has 0 amide bonds. The summed E-state index contributed by atoms with van der Waals surface area (Å²) >= 11 is 0. The number of fused-ring (bicyclic) bond motifs is 6. The molecule has 0 atom stereocenters. The van der Waals surface area contributed by atoms with Crippen LogP contribution in [0, 0.1) is 35.4 Å². The number of rotatable bonds is 0. The summed E-state index contributed by atoms with van der Waals surface area (Å²) in [7, 11) is 0. The van der Waals surface area contributed by atoms with Gasteiger partial charge in [0.05, 0.1) is 0 Å². The van der Waals surface area contributed by atoms with Crippen LogP contribution in [0.5, 0.6) is 0 Å². The van der Waals surface area contributed by atoms with Gasteiger partial charge in [-0.15, -0.1) is 0 Å². The first-order valence-electron chi connectivity index (χ1n) is 6.33. The molecule has 0 saturated heterocycles. The lowest BCUT2D eigenvalue weighted by molar-refractivity contribution is 0.459. The van der Waals surface area contributed by atoms with Crippen molar-refractivity contribution in [1.29, 1.82) is 0 Å². The topological polar surface area (TPSA) is 51.6 Å². The Morgan fingerprint density at radius 2 is 0.792 bits per heavy atom. The number of hydrogen-bond donors (Lipinski definition) is 0. The lowest BCUT2D eigenvalue weighted by Crippen LogP contribution is -2.02. The molecule has 0 saturated carbocycles. The second kappa shape index (κ2) is 4.73. The molecule has 0 fully saturated rings. The van der Waals surface area contributed by atoms with Crippen LogP contribution in [0.4, 0.5) is 26.3 Å². The molecule has 0 unspecified atom stereocenters. The maximum absolute atomic E-state index is 13.5. The average molecular weight is 340 g/mol. The van der Waals surface area contributed by atoms with Crippen molar-refractivity contribution in [3.63, 3.8) is 0 Å². The Kier molecular flexibility index (Phi) is 2.87. The molecular weight excluding hydrogens is 338 g/mol. The van der Waals surface area contributed by atoms with E-state index in [-0.39, 0.29) is 10.8 Å². The second-order valence-electron chi connectivity index (χ2n) is 4.82. The van der Waals surface area contributed by atoms with Crippen molar-refractivity contribution in [3.05, 3.63) is 47.6 Å². The summed E-state index contributed by atoms with van der Waals surface area (Å²) in [6.07, 6.45) is 0. The van der Waals surface area contributed by atoms with Crippen LogP contribution in [-0.4, -0.2) is 19.9 Å². The third-order valence-electron chi connectivity index (χ3n) is 3.42. The standard InChI is InChI=1S/C14H2F6N4/c15-5-1-3-4-2-6(16)12(18)22-8(4)10-9(7(3)21-11(5)17)23-13(19)14(20)24-10/h1-2H. The maximum Gasteiger partial charge on any atom is 0.269 e. The van der Waals surface area contributed by atoms with E-state index < -0.39 is 57.5 Å². The minimum absolute atomic E-state index is 0.205. The number of hydrogen-bond acceptors (Lipinski definition) is 4. The van der Waals surface area contributed by atoms with E-state index in [1.165, 1.54) is 0 Å². The van der Waals surface area contributed by atoms with Gasteiger partial charge in [0.25, 0.3) is 11.9 Å². The Hall–Kier alpha value is -3.04. The van der Waals surface area contributed by atoms with Crippen LogP contribution in [0.15, 0.2) is 12.1 Å². The molecule has 4 aromatic rings. The summed E-state index contributed by atoms with van der Waals surface area (Å²) in [4.78, 5) is 13.1. The minimum Gasteiger partial charge on any atom is -0.215 e. The van der Waals surface area contributed by atoms with E-state index in [2.05, 4.69) is 19.9 Å². The fraction of sp³-hybridized carbons (Fsp3) is 0. The molecule has 0 aliphatic rings. The molecule has 0 radical (unpaired) electrons. The van der Waals surface area contributed by atoms with Gasteiger partial charge in [-0.1, -0.05) is 0 Å². The Balaban J connectivity index is 2.40. The molecule has 3 aromatic heterocycles. The Labute approximate surface area is 127 Å². The van der Waals surface area contributed by atoms with Crippen molar-refractivity contribution in [2.75, 3.05) is 0 Å². The van der Waals surface area contributed by atoms with Gasteiger partial charge in [-0.05, 0) is 12.1 Å². The number of nitrogens with zero attached hydrogens (tertiary/aromatic N) is 4. The highest BCUT2D eigenvalue weighted by Gasteiger charge is 2.21. The first-order chi connectivity index (χ1) is 11.4. The van der Waals surface area contributed by atoms with Gasteiger partial charge < -0.3 is 0 Å². The van der Waals surface area contributed by atoms with Gasteiger partial charge in [-0.25, -0.2) is 28.7 Å². The highest BCUT2D eigenvalue weighted by Crippen LogP contribution is 2.32. The maximum atomic E-state index is 13.5. The number of pyridine rings is 2. The lowest BCUT2D eigenvalue weighted by atomic mass is 10.1. The van der Waals surface area contributed by atoms with Crippen molar-refractivity contribution < 1.29 is 26.3 Å². The fourth-order valence-electron chi connectivity index (χ4n) is 2.43. The van der Waals surface area contributed by atoms with E-state index in [1.807, 2.05) is 0 Å². The van der Waals surface area contributed by atoms with E-state index >= 15 is 0 Å². The number of halogens is 6. The van der Waals surface area contributed by atoms with Crippen LogP contribution in [0.3, 0.4) is 0 Å². The van der Waals surface area contributed by atoms with Gasteiger partial charge >= 0.3 is 0 Å². The normalized spacial score (nSPS) is 11.8. The van der Waals surface area contributed by atoms with E-state index in [0.29, 0.717) is 12.1 Å². The zero-order valence-corrected chi connectivity index (χ0v) is 11.2. The van der Waals surface area contributed by atoms with Crippen LogP contribution in [0.25, 0.3) is 32.8 Å². The predicted octanol–water partition coefficient (Wildman–Crippen LogP) is 3.56. The molecule has 10 heteroatoms.